The van der Waals surface area contributed by atoms with Gasteiger partial charge in [0.25, 0.3) is 5.69 Å². The largest absolute Gasteiger partial charge is 0.274 e. The molecular weight excluding hydrogens is 256 g/mol. The van der Waals surface area contributed by atoms with E-state index in [2.05, 4.69) is 0 Å². The number of benzene rings is 1. The molecular formula is C11H12N2O4S. The van der Waals surface area contributed by atoms with Gasteiger partial charge in [0.1, 0.15) is 0 Å². The summed E-state index contributed by atoms with van der Waals surface area (Å²) in [6.07, 6.45) is 0.362. The highest BCUT2D eigenvalue weighted by Crippen LogP contribution is 2.30. The summed E-state index contributed by atoms with van der Waals surface area (Å²) in [4.78, 5) is 10.1. The van der Waals surface area contributed by atoms with Gasteiger partial charge >= 0.3 is 0 Å². The molecule has 1 aromatic carbocycles. The van der Waals surface area contributed by atoms with Crippen LogP contribution in [-0.2, 0) is 9.84 Å². The van der Waals surface area contributed by atoms with Gasteiger partial charge in [0.2, 0.25) is 0 Å². The van der Waals surface area contributed by atoms with Crippen molar-refractivity contribution in [2.75, 3.05) is 5.75 Å². The average molecular weight is 268 g/mol. The van der Waals surface area contributed by atoms with Crippen LogP contribution in [0.1, 0.15) is 24.2 Å². The zero-order valence-electron chi connectivity index (χ0n) is 9.74. The lowest BCUT2D eigenvalue weighted by Gasteiger charge is -2.10. The van der Waals surface area contributed by atoms with Crippen LogP contribution in [0.4, 0.5) is 5.69 Å². The molecule has 0 aliphatic carbocycles. The molecule has 0 aliphatic heterocycles. The summed E-state index contributed by atoms with van der Waals surface area (Å²) < 4.78 is 23.8. The van der Waals surface area contributed by atoms with E-state index in [1.165, 1.54) is 24.3 Å². The number of nitrogens with zero attached hydrogens (tertiary/aromatic N) is 2. The second kappa shape index (κ2) is 5.60. The minimum atomic E-state index is -3.70. The molecule has 1 rings (SSSR count). The third kappa shape index (κ3) is 2.84. The Bertz CT molecular complexity index is 589. The predicted molar refractivity (Wildman–Crippen MR) is 65.5 cm³/mol. The maximum atomic E-state index is 11.9. The van der Waals surface area contributed by atoms with Crippen molar-refractivity contribution in [2.45, 2.75) is 18.6 Å². The Balaban J connectivity index is 3.36. The average Bonchev–Trinajstić information content (AvgIpc) is 2.29. The number of sulfone groups is 1. The van der Waals surface area contributed by atoms with Crippen LogP contribution in [0, 0.1) is 21.4 Å². The van der Waals surface area contributed by atoms with E-state index in [-0.39, 0.29) is 17.0 Å². The lowest BCUT2D eigenvalue weighted by Crippen LogP contribution is -2.16. The number of rotatable bonds is 5. The van der Waals surface area contributed by atoms with E-state index in [4.69, 9.17) is 5.26 Å². The highest BCUT2D eigenvalue weighted by atomic mass is 32.2. The fourth-order valence-corrected chi connectivity index (χ4v) is 3.17. The van der Waals surface area contributed by atoms with Crippen molar-refractivity contribution in [3.8, 4) is 6.07 Å². The van der Waals surface area contributed by atoms with Crippen molar-refractivity contribution in [3.05, 3.63) is 39.9 Å². The monoisotopic (exact) mass is 268 g/mol. The highest BCUT2D eigenvalue weighted by Gasteiger charge is 2.31. The van der Waals surface area contributed by atoms with Crippen molar-refractivity contribution >= 4 is 15.5 Å². The van der Waals surface area contributed by atoms with Gasteiger partial charge in [-0.25, -0.2) is 8.42 Å². The molecule has 0 bridgehead atoms. The van der Waals surface area contributed by atoms with Crippen LogP contribution >= 0.6 is 0 Å². The Kier molecular flexibility index (Phi) is 4.39. The van der Waals surface area contributed by atoms with Crippen LogP contribution in [-0.4, -0.2) is 19.1 Å². The maximum Gasteiger partial charge on any atom is 0.274 e. The molecule has 18 heavy (non-hydrogen) atoms. The van der Waals surface area contributed by atoms with Crippen molar-refractivity contribution in [2.24, 2.45) is 0 Å². The Morgan fingerprint density at radius 3 is 2.56 bits per heavy atom. The summed E-state index contributed by atoms with van der Waals surface area (Å²) in [5.74, 6) is -0.169. The van der Waals surface area contributed by atoms with Crippen LogP contribution < -0.4 is 0 Å². The molecule has 7 heteroatoms. The van der Waals surface area contributed by atoms with E-state index in [9.17, 15) is 18.5 Å². The molecule has 1 atom stereocenters. The van der Waals surface area contributed by atoms with Gasteiger partial charge in [0.05, 0.1) is 22.3 Å². The van der Waals surface area contributed by atoms with Crippen molar-refractivity contribution < 1.29 is 13.3 Å². The summed E-state index contributed by atoms with van der Waals surface area (Å²) >= 11 is 0. The minimum absolute atomic E-state index is 0.0709. The van der Waals surface area contributed by atoms with Crippen molar-refractivity contribution in [3.63, 3.8) is 0 Å². The Labute approximate surface area is 105 Å². The number of hydrogen-bond acceptors (Lipinski definition) is 5. The van der Waals surface area contributed by atoms with E-state index >= 15 is 0 Å². The van der Waals surface area contributed by atoms with Gasteiger partial charge in [-0.1, -0.05) is 19.1 Å². The van der Waals surface area contributed by atoms with Gasteiger partial charge in [0, 0.05) is 6.07 Å². The molecule has 0 fully saturated rings. The number of nitriles is 1. The first kappa shape index (κ1) is 14.1. The third-order valence-electron chi connectivity index (χ3n) is 2.38. The van der Waals surface area contributed by atoms with Gasteiger partial charge in [-0.3, -0.25) is 10.1 Å². The summed E-state index contributed by atoms with van der Waals surface area (Å²) in [6, 6.07) is 7.06. The molecule has 96 valence electrons. The first-order chi connectivity index (χ1) is 8.44. The summed E-state index contributed by atoms with van der Waals surface area (Å²) in [7, 11) is -3.70. The van der Waals surface area contributed by atoms with E-state index in [1.807, 2.05) is 0 Å². The zero-order valence-corrected chi connectivity index (χ0v) is 10.6. The number of nitro benzene ring substituents is 1. The second-order valence-electron chi connectivity index (χ2n) is 3.69. The molecule has 0 aromatic heterocycles. The Hall–Kier alpha value is -1.94. The highest BCUT2D eigenvalue weighted by molar-refractivity contribution is 7.91. The van der Waals surface area contributed by atoms with Crippen LogP contribution in [0.3, 0.4) is 0 Å². The van der Waals surface area contributed by atoms with Gasteiger partial charge in [-0.15, -0.1) is 0 Å². The predicted octanol–water partition coefficient (Wildman–Crippen LogP) is 1.98. The number of hydrogen-bond donors (Lipinski definition) is 0. The van der Waals surface area contributed by atoms with Crippen molar-refractivity contribution in [1.82, 2.24) is 0 Å². The number of para-hydroxylation sites is 1. The van der Waals surface area contributed by atoms with Gasteiger partial charge in [0.15, 0.2) is 15.1 Å². The molecule has 0 saturated carbocycles. The fourth-order valence-electron chi connectivity index (χ4n) is 1.62. The summed E-state index contributed by atoms with van der Waals surface area (Å²) in [5.41, 5.74) is -0.415. The van der Waals surface area contributed by atoms with Gasteiger partial charge in [-0.05, 0) is 12.5 Å². The molecule has 1 aromatic rings. The summed E-state index contributed by atoms with van der Waals surface area (Å²) in [6.45, 7) is 1.67. The van der Waals surface area contributed by atoms with E-state index in [1.54, 1.807) is 13.0 Å². The zero-order chi connectivity index (χ0) is 13.8. The molecule has 6 nitrogen and oxygen atoms in total. The smallest absolute Gasteiger partial charge is 0.258 e. The molecule has 0 N–H and O–H groups in total. The Morgan fingerprint density at radius 1 is 1.44 bits per heavy atom. The molecule has 0 amide bonds. The van der Waals surface area contributed by atoms with Crippen LogP contribution in [0.5, 0.6) is 0 Å². The lowest BCUT2D eigenvalue weighted by atomic mass is 10.1. The molecule has 0 aliphatic rings. The van der Waals surface area contributed by atoms with E-state index in [0.29, 0.717) is 6.42 Å². The van der Waals surface area contributed by atoms with E-state index in [0.717, 1.165) is 0 Å². The molecule has 0 heterocycles. The number of nitro groups is 1. The molecule has 0 unspecified atom stereocenters. The van der Waals surface area contributed by atoms with Crippen LogP contribution in [0.15, 0.2) is 24.3 Å². The first-order valence-electron chi connectivity index (χ1n) is 5.28. The molecule has 0 saturated heterocycles. The molecule has 0 spiro atoms. The van der Waals surface area contributed by atoms with Crippen LogP contribution in [0.2, 0.25) is 0 Å². The third-order valence-corrected chi connectivity index (χ3v) is 4.44. The molecule has 0 radical (unpaired) electrons. The van der Waals surface area contributed by atoms with Gasteiger partial charge < -0.3 is 0 Å². The van der Waals surface area contributed by atoms with Crippen LogP contribution in [0.25, 0.3) is 0 Å². The first-order valence-corrected chi connectivity index (χ1v) is 7.00. The van der Waals surface area contributed by atoms with E-state index < -0.39 is 20.0 Å². The topological polar surface area (TPSA) is 101 Å². The maximum absolute atomic E-state index is 11.9. The quantitative estimate of drug-likeness (QED) is 0.600. The Morgan fingerprint density at radius 2 is 2.06 bits per heavy atom. The lowest BCUT2D eigenvalue weighted by molar-refractivity contribution is -0.385. The SMILES string of the molecule is CCCS(=O)(=O)[C@@H](C#N)c1ccccc1[N+](=O)[O-]. The normalized spacial score (nSPS) is 12.7. The second-order valence-corrected chi connectivity index (χ2v) is 5.90. The standard InChI is InChI=1S/C11H12N2O4S/c1-2-7-18(16,17)11(8-12)9-5-3-4-6-10(9)13(14)15/h3-6,11H,2,7H2,1H3/t11-/m0/s1. The van der Waals surface area contributed by atoms with Gasteiger partial charge in [-0.2, -0.15) is 5.26 Å². The fraction of sp³-hybridized carbons (Fsp3) is 0.364. The summed E-state index contributed by atoms with van der Waals surface area (Å²) in [5, 5.41) is 18.3. The minimum Gasteiger partial charge on any atom is -0.258 e. The van der Waals surface area contributed by atoms with Crippen molar-refractivity contribution in [1.29, 1.82) is 5.26 Å².